The van der Waals surface area contributed by atoms with Crippen LogP contribution in [-0.2, 0) is 11.3 Å². The Morgan fingerprint density at radius 1 is 1.33 bits per heavy atom. The van der Waals surface area contributed by atoms with E-state index in [1.165, 1.54) is 4.57 Å². The van der Waals surface area contributed by atoms with Gasteiger partial charge in [-0.05, 0) is 43.7 Å². The molecule has 2 aromatic rings. The second-order valence-electron chi connectivity index (χ2n) is 4.53. The molecule has 0 fully saturated rings. The summed E-state index contributed by atoms with van der Waals surface area (Å²) >= 11 is 1.14. The second-order valence-corrected chi connectivity index (χ2v) is 5.69. The van der Waals surface area contributed by atoms with Gasteiger partial charge in [0.1, 0.15) is 5.75 Å². The minimum atomic E-state index is -0.914. The van der Waals surface area contributed by atoms with Crippen molar-refractivity contribution in [1.82, 2.24) is 4.57 Å². The summed E-state index contributed by atoms with van der Waals surface area (Å²) in [6, 6.07) is 7.47. The number of aromatic nitrogens is 1. The van der Waals surface area contributed by atoms with Crippen molar-refractivity contribution in [2.75, 3.05) is 6.61 Å². The third kappa shape index (κ3) is 3.52. The molecule has 1 heterocycles. The Morgan fingerprint density at radius 2 is 2.00 bits per heavy atom. The molecule has 0 radical (unpaired) electrons. The van der Waals surface area contributed by atoms with Gasteiger partial charge >= 0.3 is 10.8 Å². The van der Waals surface area contributed by atoms with Crippen LogP contribution in [0.25, 0.3) is 11.3 Å². The largest absolute Gasteiger partial charge is 0.494 e. The first-order chi connectivity index (χ1) is 10.0. The van der Waals surface area contributed by atoms with E-state index in [0.29, 0.717) is 6.61 Å². The van der Waals surface area contributed by atoms with Crippen LogP contribution in [0.4, 0.5) is 0 Å². The van der Waals surface area contributed by atoms with E-state index >= 15 is 0 Å². The Kier molecular flexibility index (Phi) is 4.80. The van der Waals surface area contributed by atoms with Crippen molar-refractivity contribution in [3.05, 3.63) is 38.8 Å². The van der Waals surface area contributed by atoms with E-state index in [-0.39, 0.29) is 17.8 Å². The first-order valence-corrected chi connectivity index (χ1v) is 7.49. The van der Waals surface area contributed by atoms with Crippen molar-refractivity contribution in [2.24, 2.45) is 0 Å². The number of benzene rings is 1. The number of carboxylic acid groups (broad SMARTS) is 1. The molecule has 2 rings (SSSR count). The number of carboxylic acids is 1. The van der Waals surface area contributed by atoms with Crippen LogP contribution in [0, 0.1) is 6.92 Å². The monoisotopic (exact) mass is 307 g/mol. The van der Waals surface area contributed by atoms with E-state index in [1.54, 1.807) is 0 Å². The summed E-state index contributed by atoms with van der Waals surface area (Å²) in [7, 11) is 0. The third-order valence-corrected chi connectivity index (χ3v) is 3.95. The lowest BCUT2D eigenvalue weighted by atomic mass is 10.1. The summed E-state index contributed by atoms with van der Waals surface area (Å²) in [5, 5.41) is 8.80. The fraction of sp³-hybridized carbons (Fsp3) is 0.333. The van der Waals surface area contributed by atoms with Crippen molar-refractivity contribution in [3.8, 4) is 17.0 Å². The van der Waals surface area contributed by atoms with Crippen LogP contribution in [0.1, 0.15) is 18.2 Å². The van der Waals surface area contributed by atoms with Crippen molar-refractivity contribution >= 4 is 17.3 Å². The maximum absolute atomic E-state index is 12.0. The van der Waals surface area contributed by atoms with Crippen LogP contribution >= 0.6 is 11.3 Å². The Labute approximate surface area is 126 Å². The average Bonchev–Trinajstić information content (AvgIpc) is 2.72. The van der Waals surface area contributed by atoms with Gasteiger partial charge < -0.3 is 9.84 Å². The van der Waals surface area contributed by atoms with Crippen LogP contribution in [-0.4, -0.2) is 22.2 Å². The van der Waals surface area contributed by atoms with Gasteiger partial charge in [-0.2, -0.15) is 0 Å². The van der Waals surface area contributed by atoms with Gasteiger partial charge in [0.15, 0.2) is 0 Å². The van der Waals surface area contributed by atoms with Crippen molar-refractivity contribution in [1.29, 1.82) is 0 Å². The highest BCUT2D eigenvalue weighted by Crippen LogP contribution is 2.27. The van der Waals surface area contributed by atoms with Gasteiger partial charge in [-0.1, -0.05) is 11.3 Å². The zero-order chi connectivity index (χ0) is 15.4. The van der Waals surface area contributed by atoms with Crippen LogP contribution in [0.3, 0.4) is 0 Å². The molecular weight excluding hydrogens is 290 g/mol. The average molecular weight is 307 g/mol. The van der Waals surface area contributed by atoms with E-state index in [1.807, 2.05) is 38.1 Å². The molecule has 0 saturated carbocycles. The first-order valence-electron chi connectivity index (χ1n) is 6.68. The smallest absolute Gasteiger partial charge is 0.307 e. The molecule has 0 aliphatic rings. The summed E-state index contributed by atoms with van der Waals surface area (Å²) in [6.07, 6.45) is -0.0693. The normalized spacial score (nSPS) is 10.6. The van der Waals surface area contributed by atoms with Gasteiger partial charge in [0.2, 0.25) is 0 Å². The molecule has 21 heavy (non-hydrogen) atoms. The van der Waals surface area contributed by atoms with Crippen LogP contribution in [0.15, 0.2) is 29.1 Å². The molecule has 0 saturated heterocycles. The summed E-state index contributed by atoms with van der Waals surface area (Å²) in [5.74, 6) is -0.142. The number of hydrogen-bond acceptors (Lipinski definition) is 4. The van der Waals surface area contributed by atoms with Gasteiger partial charge in [0, 0.05) is 11.4 Å². The lowest BCUT2D eigenvalue weighted by Gasteiger charge is -2.09. The van der Waals surface area contributed by atoms with E-state index in [2.05, 4.69) is 0 Å². The number of rotatable bonds is 6. The summed E-state index contributed by atoms with van der Waals surface area (Å²) in [4.78, 5) is 23.5. The number of hydrogen-bond donors (Lipinski definition) is 1. The summed E-state index contributed by atoms with van der Waals surface area (Å²) in [5.41, 5.74) is 1.67. The minimum Gasteiger partial charge on any atom is -0.494 e. The Morgan fingerprint density at radius 3 is 2.57 bits per heavy atom. The van der Waals surface area contributed by atoms with Gasteiger partial charge in [0.05, 0.1) is 18.7 Å². The number of nitrogens with zero attached hydrogens (tertiary/aromatic N) is 1. The number of carbonyl (C=O) groups is 1. The first kappa shape index (κ1) is 15.3. The molecular formula is C15H17NO4S. The lowest BCUT2D eigenvalue weighted by molar-refractivity contribution is -0.137. The molecule has 0 unspecified atom stereocenters. The van der Waals surface area contributed by atoms with E-state index in [0.717, 1.165) is 33.2 Å². The van der Waals surface area contributed by atoms with Crippen molar-refractivity contribution < 1.29 is 14.6 Å². The zero-order valence-corrected chi connectivity index (χ0v) is 12.8. The molecule has 6 heteroatoms. The quantitative estimate of drug-likeness (QED) is 0.891. The topological polar surface area (TPSA) is 68.5 Å². The summed E-state index contributed by atoms with van der Waals surface area (Å²) in [6.45, 7) is 4.57. The lowest BCUT2D eigenvalue weighted by Crippen LogP contribution is -2.16. The number of ether oxygens (including phenoxy) is 1. The highest BCUT2D eigenvalue weighted by molar-refractivity contribution is 7.09. The van der Waals surface area contributed by atoms with Gasteiger partial charge in [-0.25, -0.2) is 0 Å². The van der Waals surface area contributed by atoms with Crippen molar-refractivity contribution in [2.45, 2.75) is 26.8 Å². The molecule has 0 bridgehead atoms. The fourth-order valence-corrected chi connectivity index (χ4v) is 3.04. The molecule has 1 aromatic carbocycles. The fourth-order valence-electron chi connectivity index (χ4n) is 2.16. The molecule has 1 N–H and O–H groups in total. The van der Waals surface area contributed by atoms with E-state index < -0.39 is 5.97 Å². The van der Waals surface area contributed by atoms with Gasteiger partial charge in [0.25, 0.3) is 0 Å². The van der Waals surface area contributed by atoms with E-state index in [9.17, 15) is 9.59 Å². The molecule has 112 valence electrons. The standard InChI is InChI=1S/C15H17NO4S/c1-3-20-12-6-4-11(5-7-12)14-10(2)21-15(19)16(14)9-8-13(17)18/h4-7H,3,8-9H2,1-2H3,(H,17,18). The van der Waals surface area contributed by atoms with Gasteiger partial charge in [-0.3, -0.25) is 14.2 Å². The Hall–Kier alpha value is -2.08. The molecule has 1 aromatic heterocycles. The molecule has 0 aliphatic carbocycles. The zero-order valence-electron chi connectivity index (χ0n) is 12.0. The predicted molar refractivity (Wildman–Crippen MR) is 82.2 cm³/mol. The number of aliphatic carboxylic acids is 1. The molecule has 5 nitrogen and oxygen atoms in total. The highest BCUT2D eigenvalue weighted by atomic mass is 32.1. The SMILES string of the molecule is CCOc1ccc(-c2c(C)sc(=O)n2CCC(=O)O)cc1. The predicted octanol–water partition coefficient (Wildman–Crippen LogP) is 2.76. The molecule has 0 amide bonds. The maximum atomic E-state index is 12.0. The Balaban J connectivity index is 2.38. The second kappa shape index (κ2) is 6.58. The molecule has 0 spiro atoms. The highest BCUT2D eigenvalue weighted by Gasteiger charge is 2.14. The number of thiazole rings is 1. The maximum Gasteiger partial charge on any atom is 0.307 e. The minimum absolute atomic E-state index is 0.0693. The van der Waals surface area contributed by atoms with E-state index in [4.69, 9.17) is 9.84 Å². The van der Waals surface area contributed by atoms with Crippen LogP contribution in [0.2, 0.25) is 0 Å². The Bertz CT molecular complexity index is 685. The number of aryl methyl sites for hydroxylation is 1. The van der Waals surface area contributed by atoms with Crippen molar-refractivity contribution in [3.63, 3.8) is 0 Å². The van der Waals surface area contributed by atoms with Crippen LogP contribution < -0.4 is 9.61 Å². The third-order valence-electron chi connectivity index (χ3n) is 3.05. The van der Waals surface area contributed by atoms with Crippen LogP contribution in [0.5, 0.6) is 5.75 Å². The summed E-state index contributed by atoms with van der Waals surface area (Å²) < 4.78 is 6.93. The van der Waals surface area contributed by atoms with Gasteiger partial charge in [-0.15, -0.1) is 0 Å². The molecule has 0 aliphatic heterocycles. The molecule has 0 atom stereocenters.